The molecule has 0 unspecified atom stereocenters. The Hall–Kier alpha value is -3.89. The summed E-state index contributed by atoms with van der Waals surface area (Å²) in [6.07, 6.45) is 2.83. The first kappa shape index (κ1) is 28.6. The summed E-state index contributed by atoms with van der Waals surface area (Å²) < 4.78 is 23.0. The summed E-state index contributed by atoms with van der Waals surface area (Å²) in [5, 5.41) is 4.46. The van der Waals surface area contributed by atoms with Crippen molar-refractivity contribution in [3.63, 3.8) is 0 Å². The molecule has 10 heteroatoms. The molecule has 5 rings (SSSR count). The lowest BCUT2D eigenvalue weighted by Crippen LogP contribution is -2.39. The second kappa shape index (κ2) is 14.7. The first-order chi connectivity index (χ1) is 20.2. The van der Waals surface area contributed by atoms with Gasteiger partial charge in [-0.05, 0) is 41.7 Å². The number of morpholine rings is 2. The summed E-state index contributed by atoms with van der Waals surface area (Å²) in [5.41, 5.74) is 5.25. The van der Waals surface area contributed by atoms with E-state index in [2.05, 4.69) is 46.3 Å². The van der Waals surface area contributed by atoms with Crippen LogP contribution in [0.5, 0.6) is 11.5 Å². The van der Waals surface area contributed by atoms with Gasteiger partial charge in [-0.25, -0.2) is 0 Å². The third kappa shape index (κ3) is 8.08. The molecule has 0 amide bonds. The van der Waals surface area contributed by atoms with Gasteiger partial charge in [-0.2, -0.15) is 15.1 Å². The van der Waals surface area contributed by atoms with Gasteiger partial charge in [0, 0.05) is 32.2 Å². The molecule has 0 saturated carbocycles. The van der Waals surface area contributed by atoms with Gasteiger partial charge in [-0.3, -0.25) is 5.43 Å². The van der Waals surface area contributed by atoms with E-state index in [1.807, 2.05) is 42.5 Å². The number of hydrogen-bond donors (Lipinski definition) is 1. The van der Waals surface area contributed by atoms with Crippen LogP contribution < -0.4 is 24.7 Å². The highest BCUT2D eigenvalue weighted by Gasteiger charge is 2.19. The zero-order valence-corrected chi connectivity index (χ0v) is 24.0. The van der Waals surface area contributed by atoms with E-state index in [1.54, 1.807) is 6.21 Å². The van der Waals surface area contributed by atoms with E-state index in [-0.39, 0.29) is 0 Å². The number of hydrogen-bond acceptors (Lipinski definition) is 10. The van der Waals surface area contributed by atoms with E-state index in [4.69, 9.17) is 28.9 Å². The minimum absolute atomic E-state index is 0.448. The van der Waals surface area contributed by atoms with E-state index in [9.17, 15) is 0 Å². The predicted octanol–water partition coefficient (Wildman–Crippen LogP) is 4.57. The Bertz CT molecular complexity index is 1240. The molecular weight excluding hydrogens is 520 g/mol. The normalized spacial score (nSPS) is 16.5. The van der Waals surface area contributed by atoms with Crippen LogP contribution in [0, 0.1) is 0 Å². The van der Waals surface area contributed by atoms with Gasteiger partial charge in [0.1, 0.15) is 30.5 Å². The summed E-state index contributed by atoms with van der Waals surface area (Å²) in [4.78, 5) is 13.9. The summed E-state index contributed by atoms with van der Waals surface area (Å²) in [6, 6.07) is 18.0. The maximum absolute atomic E-state index is 6.04. The summed E-state index contributed by atoms with van der Waals surface area (Å²) >= 11 is 0. The van der Waals surface area contributed by atoms with E-state index < -0.39 is 0 Å². The van der Waals surface area contributed by atoms with Gasteiger partial charge < -0.3 is 28.7 Å². The van der Waals surface area contributed by atoms with Crippen LogP contribution in [-0.4, -0.2) is 82.0 Å². The summed E-state index contributed by atoms with van der Waals surface area (Å²) in [6.45, 7) is 11.2. The molecule has 218 valence electrons. The van der Waals surface area contributed by atoms with Crippen molar-refractivity contribution in [3.05, 3.63) is 65.7 Å². The standard InChI is InChI=1S/C31H40N6O4/c1-3-24(2)27-9-4-5-10-28(27)41-20-19-40-26-8-6-7-25(21-26)23-32-35-29-22-30(36-11-15-38-16-12-36)34-31(33-29)37-13-17-39-18-14-37/h4-10,21-24H,3,11-20H2,1-2H3,(H,33,34,35)/b32-23-/t24-/m0/s1. The van der Waals surface area contributed by atoms with E-state index in [0.29, 0.717) is 57.3 Å². The third-order valence-corrected chi connectivity index (χ3v) is 7.25. The summed E-state index contributed by atoms with van der Waals surface area (Å²) in [5.74, 6) is 4.33. The lowest BCUT2D eigenvalue weighted by atomic mass is 9.98. The van der Waals surface area contributed by atoms with E-state index in [1.165, 1.54) is 5.56 Å². The topological polar surface area (TPSA) is 93.6 Å². The number of benzene rings is 2. The number of aromatic nitrogens is 2. The van der Waals surface area contributed by atoms with Crippen molar-refractivity contribution in [2.24, 2.45) is 5.10 Å². The van der Waals surface area contributed by atoms with Gasteiger partial charge in [0.15, 0.2) is 5.82 Å². The molecule has 10 nitrogen and oxygen atoms in total. The fraction of sp³-hybridized carbons (Fsp3) is 0.452. The first-order valence-electron chi connectivity index (χ1n) is 14.5. The predicted molar refractivity (Wildman–Crippen MR) is 162 cm³/mol. The molecule has 0 spiro atoms. The minimum atomic E-state index is 0.448. The highest BCUT2D eigenvalue weighted by molar-refractivity contribution is 5.80. The van der Waals surface area contributed by atoms with Gasteiger partial charge in [0.2, 0.25) is 5.95 Å². The maximum atomic E-state index is 6.04. The molecule has 41 heavy (non-hydrogen) atoms. The van der Waals surface area contributed by atoms with E-state index >= 15 is 0 Å². The molecule has 0 radical (unpaired) electrons. The van der Waals surface area contributed by atoms with Crippen molar-refractivity contribution in [1.82, 2.24) is 9.97 Å². The second-order valence-corrected chi connectivity index (χ2v) is 10.1. The Morgan fingerprint density at radius 2 is 1.63 bits per heavy atom. The largest absolute Gasteiger partial charge is 0.490 e. The fourth-order valence-corrected chi connectivity index (χ4v) is 4.75. The van der Waals surface area contributed by atoms with Crippen LogP contribution in [0.1, 0.15) is 37.3 Å². The average Bonchev–Trinajstić information content (AvgIpc) is 3.04. The van der Waals surface area contributed by atoms with Crippen molar-refractivity contribution >= 4 is 23.8 Å². The Morgan fingerprint density at radius 3 is 2.41 bits per heavy atom. The van der Waals surface area contributed by atoms with Crippen LogP contribution in [0.15, 0.2) is 59.7 Å². The van der Waals surface area contributed by atoms with Gasteiger partial charge in [-0.1, -0.05) is 44.2 Å². The highest BCUT2D eigenvalue weighted by atomic mass is 16.5. The second-order valence-electron chi connectivity index (χ2n) is 10.1. The van der Waals surface area contributed by atoms with Crippen LogP contribution >= 0.6 is 0 Å². The maximum Gasteiger partial charge on any atom is 0.229 e. The molecule has 1 N–H and O–H groups in total. The van der Waals surface area contributed by atoms with Gasteiger partial charge in [0.05, 0.1) is 32.6 Å². The Morgan fingerprint density at radius 1 is 0.902 bits per heavy atom. The highest BCUT2D eigenvalue weighted by Crippen LogP contribution is 2.28. The van der Waals surface area contributed by atoms with E-state index in [0.717, 1.165) is 55.5 Å². The molecule has 0 aliphatic carbocycles. The zero-order chi connectivity index (χ0) is 28.3. The number of nitrogens with zero attached hydrogens (tertiary/aromatic N) is 5. The molecule has 3 aromatic rings. The molecule has 1 aromatic heterocycles. The average molecular weight is 561 g/mol. The quantitative estimate of drug-likeness (QED) is 0.194. The van der Waals surface area contributed by atoms with Crippen LogP contribution in [0.2, 0.25) is 0 Å². The van der Waals surface area contributed by atoms with Crippen molar-refractivity contribution in [2.45, 2.75) is 26.2 Å². The number of anilines is 3. The lowest BCUT2D eigenvalue weighted by molar-refractivity contribution is 0.121. The molecule has 1 atom stereocenters. The zero-order valence-electron chi connectivity index (χ0n) is 24.0. The van der Waals surface area contributed by atoms with Gasteiger partial charge >= 0.3 is 0 Å². The fourth-order valence-electron chi connectivity index (χ4n) is 4.75. The molecule has 2 fully saturated rings. The van der Waals surface area contributed by atoms with Crippen molar-refractivity contribution in [1.29, 1.82) is 0 Å². The third-order valence-electron chi connectivity index (χ3n) is 7.25. The minimum Gasteiger partial charge on any atom is -0.490 e. The van der Waals surface area contributed by atoms with Crippen LogP contribution in [0.25, 0.3) is 0 Å². The van der Waals surface area contributed by atoms with Crippen molar-refractivity contribution < 1.29 is 18.9 Å². The Labute approximate surface area is 242 Å². The Kier molecular flexibility index (Phi) is 10.2. The number of para-hydroxylation sites is 1. The van der Waals surface area contributed by atoms with Crippen LogP contribution in [-0.2, 0) is 9.47 Å². The Balaban J connectivity index is 1.18. The molecular formula is C31H40N6O4. The monoisotopic (exact) mass is 560 g/mol. The number of rotatable bonds is 12. The number of nitrogens with one attached hydrogen (secondary N) is 1. The van der Waals surface area contributed by atoms with Gasteiger partial charge in [0.25, 0.3) is 0 Å². The SMILES string of the molecule is CC[C@H](C)c1ccccc1OCCOc1cccc(/C=N\Nc2cc(N3CCOCC3)nc(N3CCOCC3)n2)c1. The molecule has 2 saturated heterocycles. The van der Waals surface area contributed by atoms with Crippen molar-refractivity contribution in [3.8, 4) is 11.5 Å². The molecule has 2 aliphatic heterocycles. The van der Waals surface area contributed by atoms with Crippen LogP contribution in [0.4, 0.5) is 17.6 Å². The number of ether oxygens (including phenoxy) is 4. The first-order valence-corrected chi connectivity index (χ1v) is 14.5. The van der Waals surface area contributed by atoms with Gasteiger partial charge in [-0.15, -0.1) is 0 Å². The molecule has 2 aliphatic rings. The smallest absolute Gasteiger partial charge is 0.229 e. The van der Waals surface area contributed by atoms with Crippen LogP contribution in [0.3, 0.4) is 0 Å². The molecule has 2 aromatic carbocycles. The molecule has 0 bridgehead atoms. The molecule has 3 heterocycles. The van der Waals surface area contributed by atoms with Crippen molar-refractivity contribution in [2.75, 3.05) is 81.0 Å². The lowest BCUT2D eigenvalue weighted by Gasteiger charge is -2.31. The number of hydrazone groups is 1. The summed E-state index contributed by atoms with van der Waals surface area (Å²) in [7, 11) is 0.